The van der Waals surface area contributed by atoms with E-state index in [1.807, 2.05) is 6.92 Å². The van der Waals surface area contributed by atoms with Crippen LogP contribution in [0, 0.1) is 0 Å². The van der Waals surface area contributed by atoms with Crippen LogP contribution in [0.1, 0.15) is 26.7 Å². The zero-order chi connectivity index (χ0) is 32.7. The van der Waals surface area contributed by atoms with Gasteiger partial charge in [0.1, 0.15) is 73.2 Å². The molecule has 3 fully saturated rings. The van der Waals surface area contributed by atoms with Crippen molar-refractivity contribution < 1.29 is 89.3 Å². The Labute approximate surface area is 253 Å². The molecule has 3 aliphatic rings. The maximum absolute atomic E-state index is 10.9. The molecule has 8 unspecified atom stereocenters. The molecule has 0 aromatic heterocycles. The molecule has 0 aromatic rings. The predicted octanol–water partition coefficient (Wildman–Crippen LogP) is -5.98. The number of aliphatic hydroxyl groups is 11. The van der Waals surface area contributed by atoms with Crippen molar-refractivity contribution in [3.63, 3.8) is 0 Å². The molecule has 18 nitrogen and oxygen atoms in total. The number of ether oxygens (including phenoxy) is 7. The van der Waals surface area contributed by atoms with E-state index in [0.717, 1.165) is 0 Å². The molecule has 3 aliphatic heterocycles. The first-order chi connectivity index (χ1) is 20.9. The standard InChI is InChI=1S/C26H48O18/c1-3-10(5-27)38-9-11(4-2)39-24-20(36)17(33)22(13(7-29)41-24)44-26-21(37)18(34)23(14(8-30)42-26)43-25-19(35)16(32)15(31)12(6-28)40-25/h10-37H,3-9H2,1-2H3/t10?,11?,12?,13?,14?,15-,16+,17-,18-,19?,20?,21?,22-,23-,24+,25+,26+/m1/s1. The largest absolute Gasteiger partial charge is 0.394 e. The highest BCUT2D eigenvalue weighted by Gasteiger charge is 2.53. The Morgan fingerprint density at radius 1 is 0.523 bits per heavy atom. The molecule has 11 N–H and O–H groups in total. The van der Waals surface area contributed by atoms with Gasteiger partial charge in [-0.15, -0.1) is 0 Å². The predicted molar refractivity (Wildman–Crippen MR) is 141 cm³/mol. The van der Waals surface area contributed by atoms with Gasteiger partial charge in [-0.25, -0.2) is 0 Å². The maximum atomic E-state index is 10.9. The van der Waals surface area contributed by atoms with Crippen molar-refractivity contribution >= 4 is 0 Å². The van der Waals surface area contributed by atoms with Gasteiger partial charge in [-0.3, -0.25) is 0 Å². The number of hydrogen-bond acceptors (Lipinski definition) is 18. The van der Waals surface area contributed by atoms with Crippen molar-refractivity contribution in [1.82, 2.24) is 0 Å². The summed E-state index contributed by atoms with van der Waals surface area (Å²) in [4.78, 5) is 0. The summed E-state index contributed by atoms with van der Waals surface area (Å²) in [5, 5.41) is 112. The summed E-state index contributed by atoms with van der Waals surface area (Å²) < 4.78 is 39.0. The summed E-state index contributed by atoms with van der Waals surface area (Å²) in [6.07, 6.45) is -24.8. The van der Waals surface area contributed by atoms with E-state index in [1.165, 1.54) is 0 Å². The lowest BCUT2D eigenvalue weighted by atomic mass is 9.96. The van der Waals surface area contributed by atoms with Crippen molar-refractivity contribution in [3.05, 3.63) is 0 Å². The molecule has 3 heterocycles. The fourth-order valence-corrected chi connectivity index (χ4v) is 5.14. The average Bonchev–Trinajstić information content (AvgIpc) is 3.03. The zero-order valence-electron chi connectivity index (χ0n) is 24.5. The number of hydrogen-bond donors (Lipinski definition) is 11. The molecule has 0 aromatic carbocycles. The molecule has 18 heteroatoms. The first-order valence-corrected chi connectivity index (χ1v) is 14.7. The molecular weight excluding hydrogens is 600 g/mol. The molecule has 0 bridgehead atoms. The van der Waals surface area contributed by atoms with Gasteiger partial charge in [-0.05, 0) is 12.8 Å². The van der Waals surface area contributed by atoms with Crippen LogP contribution in [0.2, 0.25) is 0 Å². The van der Waals surface area contributed by atoms with Gasteiger partial charge in [0, 0.05) is 0 Å². The second-order valence-electron chi connectivity index (χ2n) is 11.0. The van der Waals surface area contributed by atoms with Crippen LogP contribution in [-0.2, 0) is 33.2 Å². The van der Waals surface area contributed by atoms with Gasteiger partial charge in [0.15, 0.2) is 18.9 Å². The van der Waals surface area contributed by atoms with Gasteiger partial charge in [-0.1, -0.05) is 13.8 Å². The highest BCUT2D eigenvalue weighted by Crippen LogP contribution is 2.33. The van der Waals surface area contributed by atoms with Crippen molar-refractivity contribution in [2.24, 2.45) is 0 Å². The van der Waals surface area contributed by atoms with Crippen LogP contribution in [0.3, 0.4) is 0 Å². The third-order valence-electron chi connectivity index (χ3n) is 8.03. The van der Waals surface area contributed by atoms with E-state index in [2.05, 4.69) is 0 Å². The van der Waals surface area contributed by atoms with E-state index in [1.54, 1.807) is 6.92 Å². The van der Waals surface area contributed by atoms with Gasteiger partial charge in [0.05, 0.1) is 45.2 Å². The van der Waals surface area contributed by atoms with E-state index < -0.39 is 124 Å². The molecule has 0 saturated carbocycles. The lowest BCUT2D eigenvalue weighted by molar-refractivity contribution is -0.381. The Morgan fingerprint density at radius 2 is 0.955 bits per heavy atom. The van der Waals surface area contributed by atoms with Crippen LogP contribution in [-0.4, -0.2) is 194 Å². The SMILES string of the molecule is CCC(CO)OCC(CC)O[C@H]1OC(CO)[C@@H](O[C@@H]2OC(CO)[C@@H](O[C@@H]3OC(CO)[C@@H](O)[C@H](O)C3O)[C@H](O)C2O)[C@H](O)C1O. The van der Waals surface area contributed by atoms with Crippen LogP contribution in [0.4, 0.5) is 0 Å². The summed E-state index contributed by atoms with van der Waals surface area (Å²) in [5.74, 6) is 0. The van der Waals surface area contributed by atoms with Gasteiger partial charge >= 0.3 is 0 Å². The van der Waals surface area contributed by atoms with Gasteiger partial charge in [0.2, 0.25) is 0 Å². The quantitative estimate of drug-likeness (QED) is 0.0788. The van der Waals surface area contributed by atoms with Gasteiger partial charge < -0.3 is 89.3 Å². The Morgan fingerprint density at radius 3 is 1.41 bits per heavy atom. The number of aliphatic hydroxyl groups excluding tert-OH is 11. The summed E-state index contributed by atoms with van der Waals surface area (Å²) in [5.41, 5.74) is 0. The van der Waals surface area contributed by atoms with Crippen molar-refractivity contribution in [2.75, 3.05) is 33.0 Å². The molecular formula is C26H48O18. The molecule has 17 atom stereocenters. The van der Waals surface area contributed by atoms with Crippen LogP contribution in [0.5, 0.6) is 0 Å². The summed E-state index contributed by atoms with van der Waals surface area (Å²) in [6, 6.07) is 0. The average molecular weight is 649 g/mol. The van der Waals surface area contributed by atoms with Crippen LogP contribution in [0.25, 0.3) is 0 Å². The molecule has 260 valence electrons. The molecule has 0 amide bonds. The second-order valence-corrected chi connectivity index (χ2v) is 11.0. The molecule has 3 rings (SSSR count). The Bertz CT molecular complexity index is 816. The minimum atomic E-state index is -1.93. The van der Waals surface area contributed by atoms with Crippen molar-refractivity contribution in [1.29, 1.82) is 0 Å². The highest BCUT2D eigenvalue weighted by molar-refractivity contribution is 4.96. The number of rotatable bonds is 15. The summed E-state index contributed by atoms with van der Waals surface area (Å²) in [7, 11) is 0. The third-order valence-corrected chi connectivity index (χ3v) is 8.03. The monoisotopic (exact) mass is 648 g/mol. The molecule has 0 aliphatic carbocycles. The lowest BCUT2D eigenvalue weighted by Gasteiger charge is -2.48. The Kier molecular flexibility index (Phi) is 15.0. The van der Waals surface area contributed by atoms with E-state index >= 15 is 0 Å². The minimum Gasteiger partial charge on any atom is -0.394 e. The third kappa shape index (κ3) is 8.59. The summed E-state index contributed by atoms with van der Waals surface area (Å²) >= 11 is 0. The Hall–Kier alpha value is -0.720. The first kappa shape index (κ1) is 37.7. The normalized spacial score (nSPS) is 44.8. The van der Waals surface area contributed by atoms with Crippen LogP contribution in [0.15, 0.2) is 0 Å². The second kappa shape index (κ2) is 17.4. The lowest BCUT2D eigenvalue weighted by Crippen LogP contribution is -2.66. The van der Waals surface area contributed by atoms with E-state index in [4.69, 9.17) is 33.2 Å². The van der Waals surface area contributed by atoms with Gasteiger partial charge in [-0.2, -0.15) is 0 Å². The fourth-order valence-electron chi connectivity index (χ4n) is 5.14. The summed E-state index contributed by atoms with van der Waals surface area (Å²) in [6.45, 7) is 1.17. The van der Waals surface area contributed by atoms with E-state index in [0.29, 0.717) is 12.8 Å². The minimum absolute atomic E-state index is 0.0524. The van der Waals surface area contributed by atoms with E-state index in [-0.39, 0.29) is 13.2 Å². The van der Waals surface area contributed by atoms with Crippen molar-refractivity contribution in [3.8, 4) is 0 Å². The molecule has 44 heavy (non-hydrogen) atoms. The fraction of sp³-hybridized carbons (Fsp3) is 1.00. The van der Waals surface area contributed by atoms with E-state index in [9.17, 15) is 56.2 Å². The first-order valence-electron chi connectivity index (χ1n) is 14.7. The maximum Gasteiger partial charge on any atom is 0.187 e. The smallest absolute Gasteiger partial charge is 0.187 e. The molecule has 3 saturated heterocycles. The van der Waals surface area contributed by atoms with Crippen LogP contribution >= 0.6 is 0 Å². The van der Waals surface area contributed by atoms with Crippen molar-refractivity contribution in [2.45, 2.75) is 131 Å². The molecule has 0 spiro atoms. The highest BCUT2D eigenvalue weighted by atomic mass is 16.8. The zero-order valence-corrected chi connectivity index (χ0v) is 24.5. The van der Waals surface area contributed by atoms with Gasteiger partial charge in [0.25, 0.3) is 0 Å². The van der Waals surface area contributed by atoms with Crippen LogP contribution < -0.4 is 0 Å². The topological polar surface area (TPSA) is 287 Å². The molecule has 0 radical (unpaired) electrons. The Balaban J connectivity index is 1.66.